The molecule has 6 nitrogen and oxygen atoms in total. The molecule has 0 aliphatic carbocycles. The van der Waals surface area contributed by atoms with Crippen molar-refractivity contribution in [1.82, 2.24) is 19.9 Å². The molecule has 1 saturated heterocycles. The van der Waals surface area contributed by atoms with Gasteiger partial charge in [0, 0.05) is 6.54 Å². The Hall–Kier alpha value is -1.92. The lowest BCUT2D eigenvalue weighted by Crippen LogP contribution is -2.31. The number of aliphatic hydroxyl groups is 1. The van der Waals surface area contributed by atoms with Crippen molar-refractivity contribution in [2.45, 2.75) is 38.8 Å². The van der Waals surface area contributed by atoms with Gasteiger partial charge in [-0.2, -0.15) is 0 Å². The summed E-state index contributed by atoms with van der Waals surface area (Å²) in [4.78, 5) is 2.54. The average molecular weight is 330 g/mol. The number of piperidine rings is 1. The summed E-state index contributed by atoms with van der Waals surface area (Å²) >= 11 is 0. The molecule has 24 heavy (non-hydrogen) atoms. The first-order valence-corrected chi connectivity index (χ1v) is 8.77. The van der Waals surface area contributed by atoms with E-state index in [0.29, 0.717) is 12.2 Å². The average Bonchev–Trinajstić information content (AvgIpc) is 3.09. The molecular weight excluding hydrogens is 304 g/mol. The topological polar surface area (TPSA) is 63.4 Å². The van der Waals surface area contributed by atoms with Crippen LogP contribution >= 0.6 is 0 Å². The van der Waals surface area contributed by atoms with E-state index in [2.05, 4.69) is 15.2 Å². The summed E-state index contributed by atoms with van der Waals surface area (Å²) in [5, 5.41) is 16.9. The standard InChI is InChI=1S/C18H26N4O2/c23-15-17-14-22(20-19-17)13-16-5-7-18(8-6-16)24-12-4-11-21-9-2-1-3-10-21/h5-8,14,23H,1-4,9-13,15H2. The van der Waals surface area contributed by atoms with Crippen molar-refractivity contribution >= 4 is 0 Å². The molecule has 2 aromatic rings. The van der Waals surface area contributed by atoms with Crippen LogP contribution in [0.4, 0.5) is 0 Å². The second kappa shape index (κ2) is 8.80. The number of benzene rings is 1. The molecule has 0 saturated carbocycles. The van der Waals surface area contributed by atoms with Crippen molar-refractivity contribution < 1.29 is 9.84 Å². The summed E-state index contributed by atoms with van der Waals surface area (Å²) in [6, 6.07) is 8.08. The Morgan fingerprint density at radius 2 is 1.88 bits per heavy atom. The fourth-order valence-electron chi connectivity index (χ4n) is 3.03. The van der Waals surface area contributed by atoms with Crippen LogP contribution in [0.2, 0.25) is 0 Å². The monoisotopic (exact) mass is 330 g/mol. The maximum Gasteiger partial charge on any atom is 0.119 e. The molecule has 1 aromatic carbocycles. The van der Waals surface area contributed by atoms with Crippen molar-refractivity contribution in [3.8, 4) is 5.75 Å². The summed E-state index contributed by atoms with van der Waals surface area (Å²) in [6.45, 7) is 4.95. The van der Waals surface area contributed by atoms with Crippen molar-refractivity contribution in [2.24, 2.45) is 0 Å². The molecule has 2 heterocycles. The van der Waals surface area contributed by atoms with Gasteiger partial charge in [-0.1, -0.05) is 23.8 Å². The first-order chi connectivity index (χ1) is 11.8. The molecule has 130 valence electrons. The molecule has 0 bridgehead atoms. The Morgan fingerprint density at radius 1 is 1.08 bits per heavy atom. The van der Waals surface area contributed by atoms with Gasteiger partial charge in [-0.25, -0.2) is 4.68 Å². The minimum absolute atomic E-state index is 0.0792. The largest absolute Gasteiger partial charge is 0.494 e. The Labute approximate surface area is 143 Å². The highest BCUT2D eigenvalue weighted by Crippen LogP contribution is 2.14. The number of likely N-dealkylation sites (tertiary alicyclic amines) is 1. The van der Waals surface area contributed by atoms with Gasteiger partial charge in [-0.3, -0.25) is 0 Å². The van der Waals surface area contributed by atoms with Gasteiger partial charge >= 0.3 is 0 Å². The Balaban J connectivity index is 1.39. The lowest BCUT2D eigenvalue weighted by molar-refractivity contribution is 0.205. The predicted octanol–water partition coefficient (Wildman–Crippen LogP) is 2.07. The van der Waals surface area contributed by atoms with Crippen molar-refractivity contribution in [1.29, 1.82) is 0 Å². The van der Waals surface area contributed by atoms with Crippen LogP contribution in [0.3, 0.4) is 0 Å². The number of hydrogen-bond acceptors (Lipinski definition) is 5. The summed E-state index contributed by atoms with van der Waals surface area (Å²) in [5.41, 5.74) is 1.72. The molecule has 1 aliphatic heterocycles. The second-order valence-electron chi connectivity index (χ2n) is 6.31. The molecule has 1 aliphatic rings. The van der Waals surface area contributed by atoms with E-state index >= 15 is 0 Å². The van der Waals surface area contributed by atoms with E-state index in [4.69, 9.17) is 9.84 Å². The van der Waals surface area contributed by atoms with E-state index in [1.54, 1.807) is 10.9 Å². The van der Waals surface area contributed by atoms with Crippen LogP contribution in [0.15, 0.2) is 30.5 Å². The van der Waals surface area contributed by atoms with Crippen LogP contribution < -0.4 is 4.74 Å². The van der Waals surface area contributed by atoms with Gasteiger partial charge in [0.25, 0.3) is 0 Å². The molecule has 0 spiro atoms. The maximum atomic E-state index is 9.00. The van der Waals surface area contributed by atoms with E-state index in [1.165, 1.54) is 32.4 Å². The first kappa shape index (κ1) is 16.9. The molecular formula is C18H26N4O2. The van der Waals surface area contributed by atoms with Gasteiger partial charge in [-0.05, 0) is 50.0 Å². The lowest BCUT2D eigenvalue weighted by Gasteiger charge is -2.26. The highest BCUT2D eigenvalue weighted by molar-refractivity contribution is 5.27. The summed E-state index contributed by atoms with van der Waals surface area (Å²) in [5.74, 6) is 0.909. The lowest BCUT2D eigenvalue weighted by atomic mass is 10.1. The summed E-state index contributed by atoms with van der Waals surface area (Å²) in [7, 11) is 0. The van der Waals surface area contributed by atoms with Gasteiger partial charge in [0.1, 0.15) is 11.4 Å². The zero-order valence-corrected chi connectivity index (χ0v) is 14.1. The quantitative estimate of drug-likeness (QED) is 0.751. The summed E-state index contributed by atoms with van der Waals surface area (Å²) < 4.78 is 7.55. The fourth-order valence-corrected chi connectivity index (χ4v) is 3.03. The molecule has 1 aromatic heterocycles. The maximum absolute atomic E-state index is 9.00. The fraction of sp³-hybridized carbons (Fsp3) is 0.556. The Bertz CT molecular complexity index is 606. The molecule has 6 heteroatoms. The van der Waals surface area contributed by atoms with Crippen molar-refractivity contribution in [2.75, 3.05) is 26.2 Å². The van der Waals surface area contributed by atoms with E-state index in [9.17, 15) is 0 Å². The normalized spacial score (nSPS) is 15.5. The SMILES string of the molecule is OCc1cn(Cc2ccc(OCCCN3CCCCC3)cc2)nn1. The van der Waals surface area contributed by atoms with Gasteiger partial charge in [-0.15, -0.1) is 5.10 Å². The molecule has 0 amide bonds. The van der Waals surface area contributed by atoms with Gasteiger partial charge in [0.2, 0.25) is 0 Å². The number of nitrogens with zero attached hydrogens (tertiary/aromatic N) is 4. The number of aliphatic hydroxyl groups excluding tert-OH is 1. The Kier molecular flexibility index (Phi) is 6.20. The zero-order valence-electron chi connectivity index (χ0n) is 14.1. The zero-order chi connectivity index (χ0) is 16.6. The van der Waals surface area contributed by atoms with E-state index in [0.717, 1.165) is 30.9 Å². The van der Waals surface area contributed by atoms with E-state index in [-0.39, 0.29) is 6.61 Å². The highest BCUT2D eigenvalue weighted by Gasteiger charge is 2.09. The molecule has 1 N–H and O–H groups in total. The third-order valence-electron chi connectivity index (χ3n) is 4.35. The third-order valence-corrected chi connectivity index (χ3v) is 4.35. The Morgan fingerprint density at radius 3 is 2.58 bits per heavy atom. The van der Waals surface area contributed by atoms with E-state index < -0.39 is 0 Å². The summed E-state index contributed by atoms with van der Waals surface area (Å²) in [6.07, 6.45) is 6.90. The minimum Gasteiger partial charge on any atom is -0.494 e. The molecule has 1 fully saturated rings. The van der Waals surface area contributed by atoms with Crippen LogP contribution in [-0.2, 0) is 13.2 Å². The molecule has 0 radical (unpaired) electrons. The first-order valence-electron chi connectivity index (χ1n) is 8.77. The number of rotatable bonds is 8. The smallest absolute Gasteiger partial charge is 0.119 e. The highest BCUT2D eigenvalue weighted by atomic mass is 16.5. The van der Waals surface area contributed by atoms with Gasteiger partial charge in [0.05, 0.1) is 26.0 Å². The predicted molar refractivity (Wildman–Crippen MR) is 91.9 cm³/mol. The second-order valence-corrected chi connectivity index (χ2v) is 6.31. The van der Waals surface area contributed by atoms with Gasteiger partial charge in [0.15, 0.2) is 0 Å². The number of hydrogen-bond donors (Lipinski definition) is 1. The number of aromatic nitrogens is 3. The third kappa shape index (κ3) is 5.04. The minimum atomic E-state index is -0.0792. The van der Waals surface area contributed by atoms with Crippen molar-refractivity contribution in [3.05, 3.63) is 41.7 Å². The van der Waals surface area contributed by atoms with Gasteiger partial charge < -0.3 is 14.7 Å². The van der Waals surface area contributed by atoms with Crippen molar-refractivity contribution in [3.63, 3.8) is 0 Å². The number of ether oxygens (including phenoxy) is 1. The van der Waals surface area contributed by atoms with Crippen LogP contribution in [0.1, 0.15) is 36.9 Å². The molecule has 0 atom stereocenters. The van der Waals surface area contributed by atoms with Crippen LogP contribution in [0, 0.1) is 0 Å². The molecule has 3 rings (SSSR count). The van der Waals surface area contributed by atoms with Crippen LogP contribution in [0.5, 0.6) is 5.75 Å². The molecule has 0 unspecified atom stereocenters. The van der Waals surface area contributed by atoms with E-state index in [1.807, 2.05) is 24.3 Å². The van der Waals surface area contributed by atoms with Crippen LogP contribution in [-0.4, -0.2) is 51.2 Å². The van der Waals surface area contributed by atoms with Crippen LogP contribution in [0.25, 0.3) is 0 Å².